The third-order valence-corrected chi connectivity index (χ3v) is 3.69. The van der Waals surface area contributed by atoms with Crippen LogP contribution in [0.1, 0.15) is 28.3 Å². The molecule has 0 saturated heterocycles. The number of benzene rings is 1. The molecule has 0 radical (unpaired) electrons. The zero-order valence-corrected chi connectivity index (χ0v) is 12.0. The molecule has 6 heteroatoms. The Bertz CT molecular complexity index is 557. The third-order valence-electron chi connectivity index (χ3n) is 2.73. The van der Waals surface area contributed by atoms with E-state index in [1.165, 1.54) is 0 Å². The summed E-state index contributed by atoms with van der Waals surface area (Å²) < 4.78 is 0. The van der Waals surface area contributed by atoms with Gasteiger partial charge in [-0.05, 0) is 25.1 Å². The van der Waals surface area contributed by atoms with Crippen molar-refractivity contribution in [3.8, 4) is 0 Å². The van der Waals surface area contributed by atoms with Gasteiger partial charge in [0.2, 0.25) is 0 Å². The molecule has 1 heterocycles. The predicted molar refractivity (Wildman–Crippen MR) is 80.0 cm³/mol. The highest BCUT2D eigenvalue weighted by molar-refractivity contribution is 7.09. The number of hydrogen-bond donors (Lipinski definition) is 3. The molecule has 0 aliphatic carbocycles. The van der Waals surface area contributed by atoms with Gasteiger partial charge < -0.3 is 15.7 Å². The fourth-order valence-electron chi connectivity index (χ4n) is 1.78. The van der Waals surface area contributed by atoms with Gasteiger partial charge in [-0.25, -0.2) is 4.98 Å². The van der Waals surface area contributed by atoms with Crippen molar-refractivity contribution < 1.29 is 9.90 Å². The van der Waals surface area contributed by atoms with E-state index in [4.69, 9.17) is 5.11 Å². The topological polar surface area (TPSA) is 74.2 Å². The third kappa shape index (κ3) is 3.79. The van der Waals surface area contributed by atoms with Crippen molar-refractivity contribution in [2.75, 3.05) is 18.5 Å². The summed E-state index contributed by atoms with van der Waals surface area (Å²) in [5, 5.41) is 17.6. The number of carbonyl (C=O) groups excluding carboxylic acids is 1. The minimum absolute atomic E-state index is 0.0647. The number of anilines is 1. The lowest BCUT2D eigenvalue weighted by molar-refractivity contribution is 0.0945. The largest absolute Gasteiger partial charge is 0.395 e. The van der Waals surface area contributed by atoms with Crippen molar-refractivity contribution in [3.63, 3.8) is 0 Å². The molecule has 1 unspecified atom stereocenters. The molecule has 2 aromatic rings. The molecule has 1 aromatic carbocycles. The number of amides is 1. The predicted octanol–water partition coefficient (Wildman–Crippen LogP) is 2.04. The van der Waals surface area contributed by atoms with Gasteiger partial charge >= 0.3 is 0 Å². The number of aliphatic hydroxyl groups excluding tert-OH is 1. The van der Waals surface area contributed by atoms with Crippen LogP contribution in [0.3, 0.4) is 0 Å². The molecule has 0 saturated carbocycles. The first-order chi connectivity index (χ1) is 9.70. The number of hydrogen-bond acceptors (Lipinski definition) is 5. The molecule has 0 aliphatic heterocycles. The summed E-state index contributed by atoms with van der Waals surface area (Å²) in [4.78, 5) is 16.1. The van der Waals surface area contributed by atoms with E-state index in [0.29, 0.717) is 5.56 Å². The Kier molecular flexibility index (Phi) is 5.09. The van der Waals surface area contributed by atoms with E-state index in [2.05, 4.69) is 15.6 Å². The maximum Gasteiger partial charge on any atom is 0.251 e. The summed E-state index contributed by atoms with van der Waals surface area (Å²) in [7, 11) is 0. The average Bonchev–Trinajstić information content (AvgIpc) is 2.99. The summed E-state index contributed by atoms with van der Waals surface area (Å²) in [6.07, 6.45) is 1.77. The molecule has 1 atom stereocenters. The van der Waals surface area contributed by atoms with Crippen LogP contribution >= 0.6 is 11.3 Å². The molecule has 1 amide bonds. The second-order valence-corrected chi connectivity index (χ2v) is 5.22. The molecule has 1 aromatic heterocycles. The van der Waals surface area contributed by atoms with E-state index in [-0.39, 0.29) is 25.1 Å². The molecular formula is C14H17N3O2S. The highest BCUT2D eigenvalue weighted by atomic mass is 32.1. The standard InChI is InChI=1S/C14H17N3O2S/c1-10(14-16-6-8-20-14)17-12-4-2-3-11(9-12)13(19)15-5-7-18/h2-4,6,8-10,17-18H,5,7H2,1H3,(H,15,19). The van der Waals surface area contributed by atoms with Crippen LogP contribution in [0, 0.1) is 0 Å². The lowest BCUT2D eigenvalue weighted by Crippen LogP contribution is -2.26. The summed E-state index contributed by atoms with van der Waals surface area (Å²) in [5.74, 6) is -0.190. The lowest BCUT2D eigenvalue weighted by Gasteiger charge is -2.13. The molecule has 5 nitrogen and oxygen atoms in total. The van der Waals surface area contributed by atoms with Crippen LogP contribution in [0.2, 0.25) is 0 Å². The van der Waals surface area contributed by atoms with Crippen LogP contribution in [-0.2, 0) is 0 Å². The Morgan fingerprint density at radius 3 is 3.05 bits per heavy atom. The molecule has 20 heavy (non-hydrogen) atoms. The summed E-state index contributed by atoms with van der Waals surface area (Å²) in [6, 6.07) is 7.35. The quantitative estimate of drug-likeness (QED) is 0.761. The normalized spacial score (nSPS) is 11.9. The second-order valence-electron chi connectivity index (χ2n) is 4.30. The summed E-state index contributed by atoms with van der Waals surface area (Å²) in [6.45, 7) is 2.22. The molecule has 0 aliphatic rings. The Labute approximate surface area is 121 Å². The summed E-state index contributed by atoms with van der Waals surface area (Å²) in [5.41, 5.74) is 1.43. The van der Waals surface area contributed by atoms with Crippen molar-refractivity contribution in [3.05, 3.63) is 46.4 Å². The van der Waals surface area contributed by atoms with E-state index in [9.17, 15) is 4.79 Å². The Morgan fingerprint density at radius 1 is 1.50 bits per heavy atom. The van der Waals surface area contributed by atoms with Crippen LogP contribution in [-0.4, -0.2) is 29.1 Å². The Morgan fingerprint density at radius 2 is 2.35 bits per heavy atom. The molecule has 3 N–H and O–H groups in total. The van der Waals surface area contributed by atoms with Crippen molar-refractivity contribution in [2.45, 2.75) is 13.0 Å². The number of aromatic nitrogens is 1. The van der Waals surface area contributed by atoms with E-state index < -0.39 is 0 Å². The van der Waals surface area contributed by atoms with Crippen LogP contribution < -0.4 is 10.6 Å². The maximum atomic E-state index is 11.8. The van der Waals surface area contributed by atoms with Crippen LogP contribution in [0.4, 0.5) is 5.69 Å². The molecule has 0 spiro atoms. The van der Waals surface area contributed by atoms with Gasteiger partial charge in [-0.3, -0.25) is 4.79 Å². The van der Waals surface area contributed by atoms with Gasteiger partial charge in [0.15, 0.2) is 0 Å². The second kappa shape index (κ2) is 7.02. The fourth-order valence-corrected chi connectivity index (χ4v) is 2.43. The molecule has 2 rings (SSSR count). The van der Waals surface area contributed by atoms with Crippen molar-refractivity contribution in [1.82, 2.24) is 10.3 Å². The number of carbonyl (C=O) groups is 1. The zero-order valence-electron chi connectivity index (χ0n) is 11.2. The van der Waals surface area contributed by atoms with Crippen LogP contribution in [0.25, 0.3) is 0 Å². The number of rotatable bonds is 6. The van der Waals surface area contributed by atoms with Gasteiger partial charge in [-0.15, -0.1) is 11.3 Å². The van der Waals surface area contributed by atoms with Gasteiger partial charge in [-0.1, -0.05) is 6.07 Å². The number of nitrogens with zero attached hydrogens (tertiary/aromatic N) is 1. The maximum absolute atomic E-state index is 11.8. The first-order valence-corrected chi connectivity index (χ1v) is 7.23. The van der Waals surface area contributed by atoms with E-state index in [1.54, 1.807) is 29.7 Å². The fraction of sp³-hybridized carbons (Fsp3) is 0.286. The van der Waals surface area contributed by atoms with Gasteiger partial charge in [-0.2, -0.15) is 0 Å². The highest BCUT2D eigenvalue weighted by Gasteiger charge is 2.09. The van der Waals surface area contributed by atoms with Crippen molar-refractivity contribution in [2.24, 2.45) is 0 Å². The Hall–Kier alpha value is -1.92. The van der Waals surface area contributed by atoms with Crippen LogP contribution in [0.5, 0.6) is 0 Å². The highest BCUT2D eigenvalue weighted by Crippen LogP contribution is 2.21. The first kappa shape index (κ1) is 14.5. The average molecular weight is 291 g/mol. The number of nitrogens with one attached hydrogen (secondary N) is 2. The Balaban J connectivity index is 2.04. The molecule has 106 valence electrons. The van der Waals surface area contributed by atoms with Gasteiger partial charge in [0, 0.05) is 29.4 Å². The van der Waals surface area contributed by atoms with Gasteiger partial charge in [0.05, 0.1) is 12.6 Å². The SMILES string of the molecule is CC(Nc1cccc(C(=O)NCCO)c1)c1nccs1. The lowest BCUT2D eigenvalue weighted by atomic mass is 10.1. The zero-order chi connectivity index (χ0) is 14.4. The number of aliphatic hydroxyl groups is 1. The molecular weight excluding hydrogens is 274 g/mol. The van der Waals surface area contributed by atoms with Gasteiger partial charge in [0.1, 0.15) is 5.01 Å². The minimum Gasteiger partial charge on any atom is -0.395 e. The smallest absolute Gasteiger partial charge is 0.251 e. The first-order valence-electron chi connectivity index (χ1n) is 6.35. The van der Waals surface area contributed by atoms with Crippen molar-refractivity contribution >= 4 is 22.9 Å². The van der Waals surface area contributed by atoms with Crippen molar-refractivity contribution in [1.29, 1.82) is 0 Å². The van der Waals surface area contributed by atoms with E-state index in [1.807, 2.05) is 24.4 Å². The van der Waals surface area contributed by atoms with E-state index in [0.717, 1.165) is 10.7 Å². The molecule has 0 fully saturated rings. The number of thiazole rings is 1. The van der Waals surface area contributed by atoms with Crippen LogP contribution in [0.15, 0.2) is 35.8 Å². The van der Waals surface area contributed by atoms with Gasteiger partial charge in [0.25, 0.3) is 5.91 Å². The summed E-state index contributed by atoms with van der Waals surface area (Å²) >= 11 is 1.59. The minimum atomic E-state index is -0.190. The van der Waals surface area contributed by atoms with E-state index >= 15 is 0 Å². The molecule has 0 bridgehead atoms. The monoisotopic (exact) mass is 291 g/mol.